The number of carbonyl (C=O) groups is 4. The Morgan fingerprint density at radius 3 is 2.24 bits per heavy atom. The van der Waals surface area contributed by atoms with Gasteiger partial charge in [-0.05, 0) is 82.1 Å². The van der Waals surface area contributed by atoms with Crippen molar-refractivity contribution >= 4 is 23.4 Å². The van der Waals surface area contributed by atoms with Gasteiger partial charge in [0.2, 0.25) is 5.79 Å². The van der Waals surface area contributed by atoms with Crippen LogP contribution in [0.1, 0.15) is 98.8 Å². The molecule has 6 bridgehead atoms. The number of methoxy groups -OCH3 is 3. The summed E-state index contributed by atoms with van der Waals surface area (Å²) in [6.45, 7) is 9.47. The number of fused-ring (bicyclic) bond motifs is 11. The standard InChI is InChI=1S/C42H65NO12/c1-9-27-16-22(2)15-23(3)17-34(52-7)38-35(53-8)18-24(4)42(50,55-38)39(47)40(48)43-14-10-11-28-29(19-26-12-13-30(44)33(20-26)51-6)37(54-41(49)36(28)43)25(5)31(45)21-32(27)46/h16,19,23-28,30-31,33-38,44-45,50H,9-15,17-18,20-21H2,1-8H3/b22-16+,29-19+/t23-,24+,25+,26-,27+,28?,30+,31-,33+,34-,35-,36-,37-,38+,42+/m0/s1. The summed E-state index contributed by atoms with van der Waals surface area (Å²) in [6.07, 6.45) is 3.33. The van der Waals surface area contributed by atoms with Crippen LogP contribution in [0.25, 0.3) is 0 Å². The van der Waals surface area contributed by atoms with Gasteiger partial charge in [0, 0.05) is 58.0 Å². The van der Waals surface area contributed by atoms with E-state index in [-0.39, 0.29) is 37.0 Å². The highest BCUT2D eigenvalue weighted by Gasteiger charge is 2.58. The molecule has 3 N–H and O–H groups in total. The van der Waals surface area contributed by atoms with Crippen LogP contribution in [-0.4, -0.2) is 126 Å². The highest BCUT2D eigenvalue weighted by atomic mass is 16.7. The number of carbonyl (C=O) groups excluding carboxylic acids is 4. The highest BCUT2D eigenvalue weighted by molar-refractivity contribution is 6.39. The van der Waals surface area contributed by atoms with Crippen molar-refractivity contribution in [3.63, 3.8) is 0 Å². The minimum Gasteiger partial charge on any atom is -0.456 e. The van der Waals surface area contributed by atoms with Crippen molar-refractivity contribution in [2.24, 2.45) is 35.5 Å². The number of allylic oxidation sites excluding steroid dienone is 3. The molecule has 0 aromatic rings. The SMILES string of the molecule is CC[C@@H]1/C=C(\C)C[C@H](C)C[C@H](OC)[C@H]2O[C@@](O)(C(=O)C(=O)N3CCCC4/C(=C\[C@@H]5CC[C@@H](O)[C@H](OC)C5)[C@@H](OC(=O)[C@H]43)[C@H](C)[C@@H](O)CC1=O)[C@H](C)C[C@@H]2OC. The molecular weight excluding hydrogens is 710 g/mol. The van der Waals surface area contributed by atoms with Gasteiger partial charge in [0.25, 0.3) is 11.7 Å². The second-order valence-corrected chi connectivity index (χ2v) is 17.1. The van der Waals surface area contributed by atoms with Gasteiger partial charge in [-0.15, -0.1) is 0 Å². The number of piperidine rings is 1. The number of ketones is 2. The first-order valence-corrected chi connectivity index (χ1v) is 20.4. The van der Waals surface area contributed by atoms with Crippen molar-refractivity contribution in [1.82, 2.24) is 4.90 Å². The van der Waals surface area contributed by atoms with Crippen molar-refractivity contribution < 1.29 is 58.2 Å². The first-order valence-electron chi connectivity index (χ1n) is 20.4. The van der Waals surface area contributed by atoms with E-state index in [1.54, 1.807) is 21.0 Å². The third kappa shape index (κ3) is 9.13. The molecule has 13 heteroatoms. The van der Waals surface area contributed by atoms with Crippen LogP contribution in [0.4, 0.5) is 0 Å². The molecule has 6 aliphatic rings. The number of hydrogen-bond donors (Lipinski definition) is 3. The summed E-state index contributed by atoms with van der Waals surface area (Å²) in [5, 5.41) is 34.3. The fourth-order valence-electron chi connectivity index (χ4n) is 9.93. The van der Waals surface area contributed by atoms with E-state index in [2.05, 4.69) is 6.92 Å². The van der Waals surface area contributed by atoms with E-state index < -0.39 is 95.9 Å². The van der Waals surface area contributed by atoms with Gasteiger partial charge in [0.1, 0.15) is 24.0 Å². The molecule has 55 heavy (non-hydrogen) atoms. The minimum atomic E-state index is -2.51. The Balaban J connectivity index is 1.59. The Bertz CT molecular complexity index is 1460. The molecule has 1 aliphatic carbocycles. The predicted octanol–water partition coefficient (Wildman–Crippen LogP) is 3.69. The summed E-state index contributed by atoms with van der Waals surface area (Å²) in [5.74, 6) is -8.02. The van der Waals surface area contributed by atoms with Crippen LogP contribution in [0.3, 0.4) is 0 Å². The molecule has 4 fully saturated rings. The van der Waals surface area contributed by atoms with E-state index in [4.69, 9.17) is 23.7 Å². The topological polar surface area (TPSA) is 178 Å². The van der Waals surface area contributed by atoms with E-state index in [0.717, 1.165) is 11.1 Å². The zero-order valence-corrected chi connectivity index (χ0v) is 34.0. The van der Waals surface area contributed by atoms with Crippen LogP contribution in [0.5, 0.6) is 0 Å². The number of aliphatic hydroxyl groups excluding tert-OH is 2. The molecule has 1 unspecified atom stereocenters. The minimum absolute atomic E-state index is 0.0419. The smallest absolute Gasteiger partial charge is 0.330 e. The maximum absolute atomic E-state index is 14.4. The Labute approximate surface area is 326 Å². The quantitative estimate of drug-likeness (QED) is 0.210. The number of Topliss-reactive ketones (excluding diaryl/α,β-unsaturated/α-hetero) is 2. The molecule has 1 saturated carbocycles. The fourth-order valence-corrected chi connectivity index (χ4v) is 9.93. The van der Waals surface area contributed by atoms with Crippen molar-refractivity contribution in [2.45, 2.75) is 153 Å². The number of ether oxygens (including phenoxy) is 5. The van der Waals surface area contributed by atoms with Crippen molar-refractivity contribution in [3.8, 4) is 0 Å². The largest absolute Gasteiger partial charge is 0.456 e. The summed E-state index contributed by atoms with van der Waals surface area (Å²) in [7, 11) is 4.63. The molecule has 0 radical (unpaired) electrons. The van der Waals surface area contributed by atoms with Gasteiger partial charge in [-0.2, -0.15) is 0 Å². The van der Waals surface area contributed by atoms with Gasteiger partial charge in [-0.1, -0.05) is 45.4 Å². The second kappa shape index (κ2) is 18.4. The van der Waals surface area contributed by atoms with Crippen molar-refractivity contribution in [3.05, 3.63) is 23.3 Å². The molecular formula is C42H65NO12. The molecule has 5 aliphatic heterocycles. The molecule has 0 aromatic carbocycles. The fraction of sp³-hybridized carbons (Fsp3) is 0.810. The summed E-state index contributed by atoms with van der Waals surface area (Å²) >= 11 is 0. The van der Waals surface area contributed by atoms with Crippen LogP contribution >= 0.6 is 0 Å². The first-order chi connectivity index (χ1) is 26.1. The highest BCUT2D eigenvalue weighted by Crippen LogP contribution is 2.44. The monoisotopic (exact) mass is 775 g/mol. The average Bonchev–Trinajstić information content (AvgIpc) is 3.16. The number of nitrogens with zero attached hydrogens (tertiary/aromatic N) is 1. The van der Waals surface area contributed by atoms with E-state index in [9.17, 15) is 34.5 Å². The van der Waals surface area contributed by atoms with Crippen LogP contribution < -0.4 is 0 Å². The lowest BCUT2D eigenvalue weighted by atomic mass is 9.72. The zero-order chi connectivity index (χ0) is 40.4. The van der Waals surface area contributed by atoms with E-state index >= 15 is 0 Å². The molecule has 0 aromatic heterocycles. The summed E-state index contributed by atoms with van der Waals surface area (Å²) < 4.78 is 29.8. The lowest BCUT2D eigenvalue weighted by molar-refractivity contribution is -0.302. The molecule has 13 nitrogen and oxygen atoms in total. The third-order valence-corrected chi connectivity index (χ3v) is 13.2. The zero-order valence-electron chi connectivity index (χ0n) is 34.0. The van der Waals surface area contributed by atoms with Crippen LogP contribution in [0.2, 0.25) is 0 Å². The third-order valence-electron chi connectivity index (χ3n) is 13.2. The van der Waals surface area contributed by atoms with Gasteiger partial charge in [-0.25, -0.2) is 4.79 Å². The number of esters is 1. The number of rotatable bonds is 5. The number of aliphatic hydroxyl groups is 3. The van der Waals surface area contributed by atoms with Crippen LogP contribution in [0, 0.1) is 35.5 Å². The van der Waals surface area contributed by atoms with Crippen LogP contribution in [-0.2, 0) is 42.9 Å². The Morgan fingerprint density at radius 1 is 0.909 bits per heavy atom. The molecule has 5 heterocycles. The normalized spacial score (nSPS) is 44.5. The Hall–Kier alpha value is -2.52. The molecule has 15 atom stereocenters. The number of hydrogen-bond acceptors (Lipinski definition) is 12. The van der Waals surface area contributed by atoms with E-state index in [1.807, 2.05) is 26.0 Å². The van der Waals surface area contributed by atoms with Crippen molar-refractivity contribution in [2.75, 3.05) is 27.9 Å². The summed E-state index contributed by atoms with van der Waals surface area (Å²) in [6, 6.07) is -1.16. The van der Waals surface area contributed by atoms with Gasteiger partial charge in [0.15, 0.2) is 0 Å². The lowest BCUT2D eigenvalue weighted by Gasteiger charge is -2.49. The van der Waals surface area contributed by atoms with E-state index in [1.165, 1.54) is 19.1 Å². The van der Waals surface area contributed by atoms with Gasteiger partial charge in [-0.3, -0.25) is 14.4 Å². The van der Waals surface area contributed by atoms with Gasteiger partial charge in [0.05, 0.1) is 30.5 Å². The Morgan fingerprint density at radius 2 is 1.58 bits per heavy atom. The maximum atomic E-state index is 14.4. The summed E-state index contributed by atoms with van der Waals surface area (Å²) in [4.78, 5) is 57.9. The number of amides is 1. The maximum Gasteiger partial charge on any atom is 0.330 e. The molecule has 1 amide bonds. The lowest BCUT2D eigenvalue weighted by Crippen LogP contribution is -2.66. The average molecular weight is 776 g/mol. The second-order valence-electron chi connectivity index (χ2n) is 17.1. The Kier molecular flexibility index (Phi) is 14.6. The molecule has 310 valence electrons. The molecule has 3 saturated heterocycles. The predicted molar refractivity (Wildman–Crippen MR) is 201 cm³/mol. The van der Waals surface area contributed by atoms with Gasteiger partial charge >= 0.3 is 5.97 Å². The van der Waals surface area contributed by atoms with Gasteiger partial charge < -0.3 is 43.9 Å². The van der Waals surface area contributed by atoms with E-state index in [0.29, 0.717) is 51.4 Å². The van der Waals surface area contributed by atoms with Crippen molar-refractivity contribution in [1.29, 1.82) is 0 Å². The molecule has 0 spiro atoms. The summed E-state index contributed by atoms with van der Waals surface area (Å²) in [5.41, 5.74) is 1.72. The van der Waals surface area contributed by atoms with Crippen LogP contribution in [0.15, 0.2) is 23.3 Å². The molecule has 6 rings (SSSR count). The first kappa shape index (κ1) is 43.6.